The Hall–Kier alpha value is -1.14. The van der Waals surface area contributed by atoms with Crippen molar-refractivity contribution in [1.82, 2.24) is 15.1 Å². The smallest absolute Gasteiger partial charge is 0.240 e. The van der Waals surface area contributed by atoms with Gasteiger partial charge in [0.05, 0.1) is 6.54 Å². The SMILES string of the molecule is NC(=O)C1CCCN1C(=O)CN1CCNC1. The molecule has 0 saturated carbocycles. The number of rotatable bonds is 3. The molecule has 2 amide bonds. The molecule has 2 aliphatic rings. The van der Waals surface area contributed by atoms with E-state index >= 15 is 0 Å². The Bertz CT molecular complexity index is 289. The molecule has 0 aromatic heterocycles. The fourth-order valence-corrected chi connectivity index (χ4v) is 2.33. The number of amides is 2. The number of primary amides is 1. The average molecular weight is 226 g/mol. The van der Waals surface area contributed by atoms with Crippen LogP contribution in [0.3, 0.4) is 0 Å². The molecular weight excluding hydrogens is 208 g/mol. The molecule has 16 heavy (non-hydrogen) atoms. The maximum Gasteiger partial charge on any atom is 0.240 e. The van der Waals surface area contributed by atoms with Gasteiger partial charge in [0, 0.05) is 26.3 Å². The summed E-state index contributed by atoms with van der Waals surface area (Å²) in [6.07, 6.45) is 1.58. The van der Waals surface area contributed by atoms with E-state index in [1.54, 1.807) is 4.90 Å². The largest absolute Gasteiger partial charge is 0.368 e. The summed E-state index contributed by atoms with van der Waals surface area (Å²) in [6, 6.07) is -0.386. The molecule has 2 fully saturated rings. The second-order valence-electron chi connectivity index (χ2n) is 4.36. The number of hydrogen-bond donors (Lipinski definition) is 2. The van der Waals surface area contributed by atoms with Crippen LogP contribution in [0.2, 0.25) is 0 Å². The monoisotopic (exact) mass is 226 g/mol. The minimum Gasteiger partial charge on any atom is -0.368 e. The fraction of sp³-hybridized carbons (Fsp3) is 0.800. The van der Waals surface area contributed by atoms with Crippen molar-refractivity contribution in [2.24, 2.45) is 5.73 Å². The van der Waals surface area contributed by atoms with Crippen molar-refractivity contribution in [1.29, 1.82) is 0 Å². The number of carbonyl (C=O) groups is 2. The van der Waals surface area contributed by atoms with Gasteiger partial charge in [-0.25, -0.2) is 0 Å². The van der Waals surface area contributed by atoms with Gasteiger partial charge < -0.3 is 16.0 Å². The second-order valence-corrected chi connectivity index (χ2v) is 4.36. The van der Waals surface area contributed by atoms with Gasteiger partial charge >= 0.3 is 0 Å². The molecule has 2 saturated heterocycles. The van der Waals surface area contributed by atoms with Crippen LogP contribution in [-0.4, -0.2) is 60.5 Å². The van der Waals surface area contributed by atoms with Gasteiger partial charge in [0.25, 0.3) is 0 Å². The maximum absolute atomic E-state index is 12.0. The number of nitrogens with zero attached hydrogens (tertiary/aromatic N) is 2. The highest BCUT2D eigenvalue weighted by Crippen LogP contribution is 2.17. The zero-order chi connectivity index (χ0) is 11.5. The van der Waals surface area contributed by atoms with Crippen LogP contribution in [0.1, 0.15) is 12.8 Å². The highest BCUT2D eigenvalue weighted by atomic mass is 16.2. The third-order valence-electron chi connectivity index (χ3n) is 3.20. The number of carbonyl (C=O) groups excluding carboxylic acids is 2. The molecule has 2 aliphatic heterocycles. The van der Waals surface area contributed by atoms with E-state index in [1.165, 1.54) is 0 Å². The van der Waals surface area contributed by atoms with Crippen LogP contribution in [0.5, 0.6) is 0 Å². The van der Waals surface area contributed by atoms with E-state index in [1.807, 2.05) is 4.90 Å². The quantitative estimate of drug-likeness (QED) is 0.603. The lowest BCUT2D eigenvalue weighted by Crippen LogP contribution is -2.47. The molecule has 0 bridgehead atoms. The summed E-state index contributed by atoms with van der Waals surface area (Å²) in [5, 5.41) is 3.17. The van der Waals surface area contributed by atoms with Gasteiger partial charge in [0.15, 0.2) is 0 Å². The lowest BCUT2D eigenvalue weighted by atomic mass is 10.2. The summed E-state index contributed by atoms with van der Waals surface area (Å²) in [6.45, 7) is 3.61. The molecular formula is C10H18N4O2. The molecule has 0 aromatic carbocycles. The van der Waals surface area contributed by atoms with Crippen LogP contribution < -0.4 is 11.1 Å². The van der Waals surface area contributed by atoms with Gasteiger partial charge in [-0.1, -0.05) is 0 Å². The zero-order valence-corrected chi connectivity index (χ0v) is 9.32. The first-order chi connectivity index (χ1) is 7.68. The average Bonchev–Trinajstić information content (AvgIpc) is 2.86. The molecule has 3 N–H and O–H groups in total. The number of nitrogens with two attached hydrogens (primary N) is 1. The first kappa shape index (κ1) is 11.3. The summed E-state index contributed by atoms with van der Waals surface area (Å²) < 4.78 is 0. The van der Waals surface area contributed by atoms with Gasteiger partial charge in [0.2, 0.25) is 11.8 Å². The van der Waals surface area contributed by atoms with E-state index in [2.05, 4.69) is 5.32 Å². The van der Waals surface area contributed by atoms with Crippen LogP contribution in [0.15, 0.2) is 0 Å². The van der Waals surface area contributed by atoms with E-state index < -0.39 is 0 Å². The standard InChI is InChI=1S/C10H18N4O2/c11-10(16)8-2-1-4-14(8)9(15)6-13-5-3-12-7-13/h8,12H,1-7H2,(H2,11,16). The molecule has 0 spiro atoms. The molecule has 6 heteroatoms. The molecule has 2 heterocycles. The van der Waals surface area contributed by atoms with E-state index in [-0.39, 0.29) is 17.9 Å². The lowest BCUT2D eigenvalue weighted by Gasteiger charge is -2.24. The number of likely N-dealkylation sites (tertiary alicyclic amines) is 1. The van der Waals surface area contributed by atoms with Crippen molar-refractivity contribution in [3.63, 3.8) is 0 Å². The van der Waals surface area contributed by atoms with Crippen LogP contribution in [-0.2, 0) is 9.59 Å². The molecule has 90 valence electrons. The van der Waals surface area contributed by atoms with E-state index in [0.29, 0.717) is 19.5 Å². The third-order valence-corrected chi connectivity index (χ3v) is 3.20. The van der Waals surface area contributed by atoms with Gasteiger partial charge in [-0.3, -0.25) is 14.5 Å². The highest BCUT2D eigenvalue weighted by molar-refractivity contribution is 5.88. The molecule has 1 unspecified atom stereocenters. The molecule has 0 radical (unpaired) electrons. The Morgan fingerprint density at radius 1 is 1.38 bits per heavy atom. The molecule has 0 aromatic rings. The first-order valence-corrected chi connectivity index (χ1v) is 5.70. The van der Waals surface area contributed by atoms with E-state index in [0.717, 1.165) is 26.2 Å². The first-order valence-electron chi connectivity index (χ1n) is 5.70. The van der Waals surface area contributed by atoms with Crippen LogP contribution in [0, 0.1) is 0 Å². The molecule has 0 aliphatic carbocycles. The minimum atomic E-state index is -0.386. The molecule has 1 atom stereocenters. The summed E-state index contributed by atoms with van der Waals surface area (Å²) in [5.74, 6) is -0.365. The Kier molecular flexibility index (Phi) is 3.40. The van der Waals surface area contributed by atoms with Gasteiger partial charge in [-0.05, 0) is 12.8 Å². The van der Waals surface area contributed by atoms with Crippen molar-refractivity contribution >= 4 is 11.8 Å². The predicted octanol–water partition coefficient (Wildman–Crippen LogP) is -1.67. The predicted molar refractivity (Wildman–Crippen MR) is 58.4 cm³/mol. The Morgan fingerprint density at radius 3 is 2.81 bits per heavy atom. The Morgan fingerprint density at radius 2 is 2.19 bits per heavy atom. The summed E-state index contributed by atoms with van der Waals surface area (Å²) in [4.78, 5) is 26.8. The Balaban J connectivity index is 1.90. The second kappa shape index (κ2) is 4.80. The summed E-state index contributed by atoms with van der Waals surface area (Å²) in [5.41, 5.74) is 5.28. The van der Waals surface area contributed by atoms with Gasteiger partial charge in [-0.15, -0.1) is 0 Å². The van der Waals surface area contributed by atoms with Crippen molar-refractivity contribution in [3.05, 3.63) is 0 Å². The van der Waals surface area contributed by atoms with E-state index in [4.69, 9.17) is 5.73 Å². The lowest BCUT2D eigenvalue weighted by molar-refractivity contribution is -0.138. The van der Waals surface area contributed by atoms with Crippen molar-refractivity contribution in [2.75, 3.05) is 32.8 Å². The van der Waals surface area contributed by atoms with Gasteiger partial charge in [0.1, 0.15) is 6.04 Å². The fourth-order valence-electron chi connectivity index (χ4n) is 2.33. The number of nitrogens with one attached hydrogen (secondary N) is 1. The van der Waals surface area contributed by atoms with Crippen molar-refractivity contribution in [2.45, 2.75) is 18.9 Å². The van der Waals surface area contributed by atoms with Crippen LogP contribution >= 0.6 is 0 Å². The zero-order valence-electron chi connectivity index (χ0n) is 9.32. The normalized spacial score (nSPS) is 26.2. The van der Waals surface area contributed by atoms with Gasteiger partial charge in [-0.2, -0.15) is 0 Å². The maximum atomic E-state index is 12.0. The van der Waals surface area contributed by atoms with Crippen molar-refractivity contribution in [3.8, 4) is 0 Å². The number of hydrogen-bond acceptors (Lipinski definition) is 4. The van der Waals surface area contributed by atoms with E-state index in [9.17, 15) is 9.59 Å². The minimum absolute atomic E-state index is 0.0185. The van der Waals surface area contributed by atoms with Crippen LogP contribution in [0.25, 0.3) is 0 Å². The highest BCUT2D eigenvalue weighted by Gasteiger charge is 2.33. The molecule has 2 rings (SSSR count). The van der Waals surface area contributed by atoms with Crippen LogP contribution in [0.4, 0.5) is 0 Å². The van der Waals surface area contributed by atoms with Crippen molar-refractivity contribution < 1.29 is 9.59 Å². The topological polar surface area (TPSA) is 78.7 Å². The Labute approximate surface area is 94.7 Å². The molecule has 6 nitrogen and oxygen atoms in total. The summed E-state index contributed by atoms with van der Waals surface area (Å²) >= 11 is 0. The summed E-state index contributed by atoms with van der Waals surface area (Å²) in [7, 11) is 0. The third kappa shape index (κ3) is 2.33.